The molecular formula is C48H89N8O20+. The van der Waals surface area contributed by atoms with E-state index < -0.39 is 189 Å². The third-order valence-electron chi connectivity index (χ3n) is 14.1. The van der Waals surface area contributed by atoms with Gasteiger partial charge in [-0.1, -0.05) is 27.7 Å². The molecule has 0 aromatic heterocycles. The van der Waals surface area contributed by atoms with Crippen molar-refractivity contribution in [1.82, 2.24) is 26.2 Å². The van der Waals surface area contributed by atoms with E-state index in [4.69, 9.17) is 44.6 Å². The van der Waals surface area contributed by atoms with E-state index in [9.17, 15) is 60.0 Å². The number of hydrogen-bond acceptors (Lipinski definition) is 22. The molecular weight excluding hydrogens is 1010 g/mol. The fraction of sp³-hybridized carbons (Fsp3) is 0.896. The Bertz CT molecular complexity index is 1900. The summed E-state index contributed by atoms with van der Waals surface area (Å²) in [7, 11) is 5.67. The van der Waals surface area contributed by atoms with Crippen LogP contribution in [-0.4, -0.2) is 268 Å². The van der Waals surface area contributed by atoms with E-state index in [1.54, 1.807) is 48.5 Å². The number of nitrogens with one attached hydrogen (secondary N) is 4. The first-order valence-corrected chi connectivity index (χ1v) is 26.0. The summed E-state index contributed by atoms with van der Waals surface area (Å²) >= 11 is 0. The number of urea groups is 1. The zero-order valence-corrected chi connectivity index (χ0v) is 45.7. The Balaban J connectivity index is 1.82. The van der Waals surface area contributed by atoms with Crippen LogP contribution in [0, 0.1) is 17.8 Å². The molecule has 0 bridgehead atoms. The first kappa shape index (κ1) is 65.2. The number of carbonyl (C=O) groups is 5. The maximum Gasteiger partial charge on any atom is 0.324 e. The first-order valence-electron chi connectivity index (χ1n) is 26.0. The van der Waals surface area contributed by atoms with Crippen molar-refractivity contribution in [3.63, 3.8) is 0 Å². The number of carbonyl (C=O) groups excluding carboxylic acids is 5. The summed E-state index contributed by atoms with van der Waals surface area (Å²) in [6.07, 6.45) is -30.5. The highest BCUT2D eigenvalue weighted by atomic mass is 16.8. The second kappa shape index (κ2) is 28.2. The zero-order valence-electron chi connectivity index (χ0n) is 45.7. The zero-order chi connectivity index (χ0) is 57.4. The highest BCUT2D eigenvalue weighted by molar-refractivity contribution is 5.97. The molecule has 23 atom stereocenters. The van der Waals surface area contributed by atoms with Gasteiger partial charge in [0.15, 0.2) is 25.0 Å². The molecule has 16 N–H and O–H groups in total. The van der Waals surface area contributed by atoms with E-state index in [-0.39, 0.29) is 25.4 Å². The van der Waals surface area contributed by atoms with E-state index in [0.29, 0.717) is 11.0 Å². The van der Waals surface area contributed by atoms with Gasteiger partial charge in [0.05, 0.1) is 59.2 Å². The van der Waals surface area contributed by atoms with Gasteiger partial charge in [-0.2, -0.15) is 0 Å². The van der Waals surface area contributed by atoms with E-state index in [2.05, 4.69) is 21.3 Å². The number of rotatable bonds is 22. The lowest BCUT2D eigenvalue weighted by Gasteiger charge is -2.51. The quantitative estimate of drug-likeness (QED) is 0.0449. The number of quaternary nitrogens is 1. The van der Waals surface area contributed by atoms with Crippen LogP contribution in [0.5, 0.6) is 0 Å². The molecule has 0 spiro atoms. The number of amides is 6. The van der Waals surface area contributed by atoms with Gasteiger partial charge in [0.25, 0.3) is 5.91 Å². The molecule has 4 aliphatic heterocycles. The number of nitrogens with two attached hydrogens (primary N) is 2. The van der Waals surface area contributed by atoms with E-state index in [1.165, 1.54) is 6.92 Å². The average molecular weight is 1100 g/mol. The minimum atomic E-state index is -2.26. The SMILES string of the molecule is CCNC(=O)N(CCC[N+](C)(C)C)C(=O)C1OC(OC2C(O)C(CO)OC(C(C)C)C2NC(C)=O)C(O)C(O)C1OC1OC(CO)C(O)C(OC2OC(C(=O)NC(C)C(N)C(C)N)C(C(C)C)C(O)C2O)C1NC(C)=O. The molecule has 0 aliphatic carbocycles. The predicted molar refractivity (Wildman–Crippen MR) is 265 cm³/mol. The van der Waals surface area contributed by atoms with Gasteiger partial charge in [0.1, 0.15) is 73.2 Å². The van der Waals surface area contributed by atoms with Crippen molar-refractivity contribution >= 4 is 29.7 Å². The fourth-order valence-corrected chi connectivity index (χ4v) is 10.0. The van der Waals surface area contributed by atoms with Gasteiger partial charge in [-0.05, 0) is 32.6 Å². The average Bonchev–Trinajstić information content (AvgIpc) is 3.32. The minimum Gasteiger partial charge on any atom is -0.394 e. The van der Waals surface area contributed by atoms with Gasteiger partial charge >= 0.3 is 6.03 Å². The van der Waals surface area contributed by atoms with Crippen LogP contribution < -0.4 is 32.7 Å². The molecule has 28 nitrogen and oxygen atoms in total. The molecule has 76 heavy (non-hydrogen) atoms. The summed E-state index contributed by atoms with van der Waals surface area (Å²) in [6.45, 7) is 12.6. The maximum atomic E-state index is 15.1. The van der Waals surface area contributed by atoms with Crippen LogP contribution in [0.2, 0.25) is 0 Å². The molecule has 4 aliphatic rings. The maximum absolute atomic E-state index is 15.1. The molecule has 6 amide bonds. The molecule has 0 aromatic rings. The summed E-state index contributed by atoms with van der Waals surface area (Å²) in [5, 5.41) is 102. The van der Waals surface area contributed by atoms with E-state index >= 15 is 4.79 Å². The molecule has 0 aromatic carbocycles. The second-order valence-corrected chi connectivity index (χ2v) is 22.1. The van der Waals surface area contributed by atoms with Crippen molar-refractivity contribution in [3.8, 4) is 0 Å². The van der Waals surface area contributed by atoms with Crippen LogP contribution in [0.15, 0.2) is 0 Å². The Morgan fingerprint density at radius 2 is 1.14 bits per heavy atom. The standard InChI is InChI=1S/C48H88N8O20/c1-13-51-48(69)55(15-14-16-56(10,11)12)44(68)42-41(34(64)36(66)47(76-42)73-39-29(53-23(8)59)37(20(4)5)70-25(17-57)31(39)61)75-45-30(54-24(9)60)40(32(62)26(18-58)71-45)74-46-35(65)33(63)27(19(2)3)38(72-46)43(67)52-22(7)28(50)21(6)49/h19-22,25-42,45-47,57-58,61-66H,13-18,49-50H2,1-12H3,(H3-,51,52,53,54,59,60,67,69)/p+1. The predicted octanol–water partition coefficient (Wildman–Crippen LogP) is -5.99. The van der Waals surface area contributed by atoms with Crippen molar-refractivity contribution in [1.29, 1.82) is 0 Å². The summed E-state index contributed by atoms with van der Waals surface area (Å²) in [4.78, 5) is 69.2. The molecule has 440 valence electrons. The smallest absolute Gasteiger partial charge is 0.324 e. The number of ether oxygens (including phenoxy) is 7. The molecule has 4 heterocycles. The molecule has 4 saturated heterocycles. The number of hydrogen-bond donors (Lipinski definition) is 14. The minimum absolute atomic E-state index is 0.0626. The van der Waals surface area contributed by atoms with Gasteiger partial charge in [-0.25, -0.2) is 4.79 Å². The van der Waals surface area contributed by atoms with Gasteiger partial charge in [-0.15, -0.1) is 0 Å². The largest absolute Gasteiger partial charge is 0.394 e. The monoisotopic (exact) mass is 1100 g/mol. The number of aliphatic hydroxyl groups excluding tert-OH is 8. The van der Waals surface area contributed by atoms with E-state index in [0.717, 1.165) is 11.8 Å². The summed E-state index contributed by atoms with van der Waals surface area (Å²) in [5.74, 6) is -5.17. The summed E-state index contributed by atoms with van der Waals surface area (Å²) < 4.78 is 43.5. The molecule has 0 radical (unpaired) electrons. The lowest BCUT2D eigenvalue weighted by Crippen LogP contribution is -2.71. The Hall–Kier alpha value is -3.37. The number of aliphatic hydroxyl groups is 8. The summed E-state index contributed by atoms with van der Waals surface area (Å²) in [6, 6.07) is -5.76. The van der Waals surface area contributed by atoms with Crippen molar-refractivity contribution in [2.75, 3.05) is 54.0 Å². The highest BCUT2D eigenvalue weighted by Gasteiger charge is 2.58. The second-order valence-electron chi connectivity index (χ2n) is 22.1. The van der Waals surface area contributed by atoms with Gasteiger partial charge in [0.2, 0.25) is 17.7 Å². The lowest BCUT2D eigenvalue weighted by molar-refractivity contribution is -0.870. The highest BCUT2D eigenvalue weighted by Crippen LogP contribution is 2.38. The third-order valence-corrected chi connectivity index (χ3v) is 14.1. The van der Waals surface area contributed by atoms with Crippen LogP contribution in [-0.2, 0) is 52.3 Å². The normalized spacial score (nSPS) is 37.4. The molecule has 4 rings (SSSR count). The van der Waals surface area contributed by atoms with Crippen LogP contribution in [0.1, 0.15) is 68.7 Å². The van der Waals surface area contributed by atoms with Crippen LogP contribution in [0.25, 0.3) is 0 Å². The summed E-state index contributed by atoms with van der Waals surface area (Å²) in [5.41, 5.74) is 12.2. The van der Waals surface area contributed by atoms with Crippen molar-refractivity contribution < 1.29 is 102 Å². The van der Waals surface area contributed by atoms with Gasteiger partial charge < -0.3 is 111 Å². The van der Waals surface area contributed by atoms with Gasteiger partial charge in [-0.3, -0.25) is 24.1 Å². The fourth-order valence-electron chi connectivity index (χ4n) is 10.0. The first-order chi connectivity index (χ1) is 35.4. The lowest BCUT2D eigenvalue weighted by atomic mass is 9.80. The van der Waals surface area contributed by atoms with Crippen molar-refractivity contribution in [2.24, 2.45) is 29.2 Å². The Labute approximate surface area is 443 Å². The van der Waals surface area contributed by atoms with Crippen molar-refractivity contribution in [3.05, 3.63) is 0 Å². The topological polar surface area (TPSA) is 415 Å². The number of imide groups is 1. The molecule has 28 heteroatoms. The Morgan fingerprint density at radius 1 is 0.645 bits per heavy atom. The Morgan fingerprint density at radius 3 is 1.63 bits per heavy atom. The van der Waals surface area contributed by atoms with Crippen LogP contribution >= 0.6 is 0 Å². The molecule has 4 fully saturated rings. The van der Waals surface area contributed by atoms with Crippen LogP contribution in [0.3, 0.4) is 0 Å². The van der Waals surface area contributed by atoms with Gasteiger partial charge in [0, 0.05) is 57.4 Å². The van der Waals surface area contributed by atoms with Crippen molar-refractivity contribution in [2.45, 2.75) is 203 Å². The number of nitrogens with zero attached hydrogens (tertiary/aromatic N) is 2. The Kier molecular flexibility index (Phi) is 24.1. The third kappa shape index (κ3) is 15.9. The van der Waals surface area contributed by atoms with Crippen LogP contribution in [0.4, 0.5) is 4.79 Å². The van der Waals surface area contributed by atoms with E-state index in [1.807, 2.05) is 21.1 Å². The molecule has 23 unspecified atom stereocenters. The molecule has 0 saturated carbocycles.